The highest BCUT2D eigenvalue weighted by Gasteiger charge is 2.26. The Bertz CT molecular complexity index is 1060. The molecular weight excluding hydrogens is 472 g/mol. The van der Waals surface area contributed by atoms with Gasteiger partial charge in [-0.05, 0) is 36.1 Å². The van der Waals surface area contributed by atoms with Crippen molar-refractivity contribution in [3.8, 4) is 0 Å². The molecule has 0 aliphatic carbocycles. The molecule has 3 rings (SSSR count). The number of aryl methyl sites for hydroxylation is 1. The Morgan fingerprint density at radius 1 is 1.06 bits per heavy atom. The quantitative estimate of drug-likeness (QED) is 0.225. The number of carbonyl (C=O) groups is 2. The highest BCUT2D eigenvalue weighted by Crippen LogP contribution is 2.23. The molecule has 2 amide bonds. The van der Waals surface area contributed by atoms with Gasteiger partial charge in [0.15, 0.2) is 0 Å². The molecular formula is C24H28N4O4S2. The molecule has 0 aliphatic rings. The van der Waals surface area contributed by atoms with Crippen molar-refractivity contribution >= 4 is 41.3 Å². The largest absolute Gasteiger partial charge is 0.453 e. The number of aromatic nitrogens is 1. The van der Waals surface area contributed by atoms with Gasteiger partial charge in [0.2, 0.25) is 5.91 Å². The van der Waals surface area contributed by atoms with Crippen LogP contribution in [0.3, 0.4) is 0 Å². The lowest BCUT2D eigenvalue weighted by Gasteiger charge is -2.23. The van der Waals surface area contributed by atoms with Gasteiger partial charge in [0.1, 0.15) is 18.3 Å². The van der Waals surface area contributed by atoms with Crippen molar-refractivity contribution in [2.24, 2.45) is 0 Å². The van der Waals surface area contributed by atoms with Gasteiger partial charge in [-0.25, -0.2) is 9.78 Å². The number of benzene rings is 2. The summed E-state index contributed by atoms with van der Waals surface area (Å²) >= 11 is 2.09. The molecule has 0 spiro atoms. The van der Waals surface area contributed by atoms with Gasteiger partial charge in [-0.1, -0.05) is 49.4 Å². The van der Waals surface area contributed by atoms with E-state index in [1.165, 1.54) is 7.11 Å². The molecule has 0 saturated carbocycles. The molecule has 0 fully saturated rings. The predicted octanol–water partition coefficient (Wildman–Crippen LogP) is 4.61. The minimum Gasteiger partial charge on any atom is -0.453 e. The van der Waals surface area contributed by atoms with E-state index in [2.05, 4.69) is 20.3 Å². The van der Waals surface area contributed by atoms with Crippen molar-refractivity contribution in [1.29, 1.82) is 0 Å². The van der Waals surface area contributed by atoms with Gasteiger partial charge in [0.25, 0.3) is 0 Å². The molecule has 8 nitrogen and oxygen atoms in total. The van der Waals surface area contributed by atoms with Gasteiger partial charge in [-0.15, -0.1) is 11.3 Å². The molecule has 2 aromatic carbocycles. The number of hydrogen-bond acceptors (Lipinski definition) is 8. The normalized spacial score (nSPS) is 12.4. The zero-order chi connectivity index (χ0) is 24.3. The number of rotatable bonds is 11. The number of anilines is 1. The standard InChI is InChI=1S/C24H28N4O4S2/c1-3-22-25-21(15-33-22)19(13-17-9-11-18(12-10-17)28-34-31)26-23(29)20(27-24(30)32-2)14-16-7-5-4-6-8-16/h4-12,15,19-20,28,31H,3,13-14H2,1-2H3,(H,26,29)(H,27,30). The summed E-state index contributed by atoms with van der Waals surface area (Å²) in [6, 6.07) is 15.9. The summed E-state index contributed by atoms with van der Waals surface area (Å²) in [5, 5.41) is 8.68. The maximum Gasteiger partial charge on any atom is 0.407 e. The molecule has 3 aromatic rings. The Labute approximate surface area is 207 Å². The van der Waals surface area contributed by atoms with E-state index < -0.39 is 12.1 Å². The van der Waals surface area contributed by atoms with Crippen LogP contribution in [-0.4, -0.2) is 34.7 Å². The van der Waals surface area contributed by atoms with Gasteiger partial charge >= 0.3 is 6.09 Å². The number of amides is 2. The molecule has 0 bridgehead atoms. The van der Waals surface area contributed by atoms with Crippen LogP contribution in [0.4, 0.5) is 10.5 Å². The topological polar surface area (TPSA) is 113 Å². The number of nitrogens with zero attached hydrogens (tertiary/aromatic N) is 1. The number of nitrogens with one attached hydrogen (secondary N) is 3. The monoisotopic (exact) mass is 500 g/mol. The number of alkyl carbamates (subject to hydrolysis) is 1. The van der Waals surface area contributed by atoms with Gasteiger partial charge in [-0.2, -0.15) is 0 Å². The summed E-state index contributed by atoms with van der Waals surface area (Å²) in [4.78, 5) is 30.0. The van der Waals surface area contributed by atoms with Crippen LogP contribution in [0.15, 0.2) is 60.0 Å². The van der Waals surface area contributed by atoms with E-state index in [1.54, 1.807) is 11.3 Å². The van der Waals surface area contributed by atoms with E-state index in [-0.39, 0.29) is 11.9 Å². The third-order valence-electron chi connectivity index (χ3n) is 5.18. The molecule has 2 atom stereocenters. The van der Waals surface area contributed by atoms with Crippen molar-refractivity contribution in [2.45, 2.75) is 38.3 Å². The highest BCUT2D eigenvalue weighted by molar-refractivity contribution is 7.95. The smallest absolute Gasteiger partial charge is 0.407 e. The summed E-state index contributed by atoms with van der Waals surface area (Å²) < 4.78 is 16.5. The zero-order valence-corrected chi connectivity index (χ0v) is 20.6. The fourth-order valence-corrected chi connectivity index (χ4v) is 4.45. The third-order valence-corrected chi connectivity index (χ3v) is 6.52. The van der Waals surface area contributed by atoms with Gasteiger partial charge in [0.05, 0.1) is 23.9 Å². The van der Waals surface area contributed by atoms with Crippen LogP contribution in [0.5, 0.6) is 0 Å². The average molecular weight is 501 g/mol. The number of carbonyl (C=O) groups excluding carboxylic acids is 2. The Hall–Kier alpha value is -3.08. The van der Waals surface area contributed by atoms with Gasteiger partial charge in [-0.3, -0.25) is 4.79 Å². The van der Waals surface area contributed by atoms with Gasteiger partial charge < -0.3 is 24.6 Å². The van der Waals surface area contributed by atoms with Crippen molar-refractivity contribution in [1.82, 2.24) is 15.6 Å². The minimum atomic E-state index is -0.810. The fourth-order valence-electron chi connectivity index (χ4n) is 3.41. The number of hydrogen-bond donors (Lipinski definition) is 4. The summed E-state index contributed by atoms with van der Waals surface area (Å²) in [7, 11) is 1.27. The molecule has 0 saturated heterocycles. The van der Waals surface area contributed by atoms with Crippen LogP contribution < -0.4 is 15.4 Å². The maximum absolute atomic E-state index is 13.3. The lowest BCUT2D eigenvalue weighted by atomic mass is 10.0. The SMILES string of the molecule is CCc1nc(C(Cc2ccc(NSO)cc2)NC(=O)C(Cc2ccccc2)NC(=O)OC)cs1. The molecule has 180 valence electrons. The molecule has 4 N–H and O–H groups in total. The average Bonchev–Trinajstić information content (AvgIpc) is 3.34. The van der Waals surface area contributed by atoms with Crippen molar-refractivity contribution < 1.29 is 18.9 Å². The van der Waals surface area contributed by atoms with Crippen LogP contribution in [-0.2, 0) is 28.8 Å². The van der Waals surface area contributed by atoms with E-state index in [1.807, 2.05) is 66.9 Å². The first-order chi connectivity index (χ1) is 16.5. The fraction of sp³-hybridized carbons (Fsp3) is 0.292. The van der Waals surface area contributed by atoms with E-state index in [0.717, 1.165) is 33.9 Å². The first-order valence-corrected chi connectivity index (χ1v) is 12.5. The van der Waals surface area contributed by atoms with Crippen LogP contribution in [0, 0.1) is 0 Å². The Kier molecular flexibility index (Phi) is 9.75. The van der Waals surface area contributed by atoms with Crippen LogP contribution >= 0.6 is 23.6 Å². The van der Waals surface area contributed by atoms with Crippen molar-refractivity contribution in [3.05, 3.63) is 81.8 Å². The summed E-state index contributed by atoms with van der Waals surface area (Å²) in [5.74, 6) is -0.319. The number of methoxy groups -OCH3 is 1. The molecule has 10 heteroatoms. The maximum atomic E-state index is 13.3. The molecule has 1 aromatic heterocycles. The third kappa shape index (κ3) is 7.47. The van der Waals surface area contributed by atoms with E-state index in [9.17, 15) is 9.59 Å². The number of ether oxygens (including phenoxy) is 1. The van der Waals surface area contributed by atoms with E-state index in [4.69, 9.17) is 9.29 Å². The zero-order valence-electron chi connectivity index (χ0n) is 19.0. The summed E-state index contributed by atoms with van der Waals surface area (Å²) in [5.41, 5.74) is 3.46. The first kappa shape index (κ1) is 25.5. The first-order valence-electron chi connectivity index (χ1n) is 10.8. The lowest BCUT2D eigenvalue weighted by molar-refractivity contribution is -0.123. The second kappa shape index (κ2) is 13.0. The van der Waals surface area contributed by atoms with E-state index in [0.29, 0.717) is 25.1 Å². The van der Waals surface area contributed by atoms with Crippen LogP contribution in [0.2, 0.25) is 0 Å². The molecule has 2 unspecified atom stereocenters. The molecule has 0 aliphatic heterocycles. The lowest BCUT2D eigenvalue weighted by Crippen LogP contribution is -2.49. The second-order valence-corrected chi connectivity index (χ2v) is 8.88. The Balaban J connectivity index is 1.81. The Morgan fingerprint density at radius 3 is 2.38 bits per heavy atom. The van der Waals surface area contributed by atoms with E-state index >= 15 is 0 Å². The molecule has 0 radical (unpaired) electrons. The second-order valence-electron chi connectivity index (χ2n) is 7.55. The summed E-state index contributed by atoms with van der Waals surface area (Å²) in [6.45, 7) is 2.04. The van der Waals surface area contributed by atoms with Crippen LogP contribution in [0.25, 0.3) is 0 Å². The summed E-state index contributed by atoms with van der Waals surface area (Å²) in [6.07, 6.45) is 0.983. The Morgan fingerprint density at radius 2 is 1.76 bits per heavy atom. The van der Waals surface area contributed by atoms with Crippen molar-refractivity contribution in [3.63, 3.8) is 0 Å². The predicted molar refractivity (Wildman–Crippen MR) is 136 cm³/mol. The molecule has 1 heterocycles. The van der Waals surface area contributed by atoms with Crippen molar-refractivity contribution in [2.75, 3.05) is 11.8 Å². The van der Waals surface area contributed by atoms with Crippen LogP contribution in [0.1, 0.15) is 34.8 Å². The highest BCUT2D eigenvalue weighted by atomic mass is 32.2. The number of thiazole rings is 1. The molecule has 34 heavy (non-hydrogen) atoms. The van der Waals surface area contributed by atoms with Gasteiger partial charge in [0, 0.05) is 17.5 Å². The minimum absolute atomic E-state index is 0.319.